The van der Waals surface area contributed by atoms with Gasteiger partial charge in [0, 0.05) is 18.2 Å². The van der Waals surface area contributed by atoms with Crippen molar-refractivity contribution in [2.24, 2.45) is 5.92 Å². The third-order valence-electron chi connectivity index (χ3n) is 4.66. The molecule has 0 radical (unpaired) electrons. The predicted molar refractivity (Wildman–Crippen MR) is 94.5 cm³/mol. The summed E-state index contributed by atoms with van der Waals surface area (Å²) >= 11 is 0. The molecular weight excluding hydrogens is 341 g/mol. The van der Waals surface area contributed by atoms with E-state index in [2.05, 4.69) is 22.3 Å². The molecule has 0 unspecified atom stereocenters. The van der Waals surface area contributed by atoms with E-state index in [-0.39, 0.29) is 17.5 Å². The molecule has 1 N–H and O–H groups in total. The van der Waals surface area contributed by atoms with Gasteiger partial charge >= 0.3 is 6.18 Å². The highest BCUT2D eigenvalue weighted by Crippen LogP contribution is 2.31. The summed E-state index contributed by atoms with van der Waals surface area (Å²) in [6, 6.07) is 14.9. The number of hydrogen-bond donors (Lipinski definition) is 1. The van der Waals surface area contributed by atoms with Crippen LogP contribution in [0.2, 0.25) is 0 Å². The lowest BCUT2D eigenvalue weighted by Gasteiger charge is -2.31. The summed E-state index contributed by atoms with van der Waals surface area (Å²) in [5.41, 5.74) is 0.670. The fraction of sp³-hybridized carbons (Fsp3) is 0.350. The molecule has 1 heterocycles. The number of hydrogen-bond acceptors (Lipinski definition) is 2. The van der Waals surface area contributed by atoms with Crippen molar-refractivity contribution in [3.05, 3.63) is 65.7 Å². The van der Waals surface area contributed by atoms with Gasteiger partial charge in [0.15, 0.2) is 0 Å². The maximum absolute atomic E-state index is 12.8. The van der Waals surface area contributed by atoms with Crippen molar-refractivity contribution in [3.8, 4) is 0 Å². The van der Waals surface area contributed by atoms with Crippen LogP contribution in [-0.2, 0) is 17.5 Å². The fourth-order valence-corrected chi connectivity index (χ4v) is 3.21. The highest BCUT2D eigenvalue weighted by molar-refractivity contribution is 5.92. The van der Waals surface area contributed by atoms with E-state index < -0.39 is 11.7 Å². The monoisotopic (exact) mass is 362 g/mol. The minimum Gasteiger partial charge on any atom is -0.326 e. The highest BCUT2D eigenvalue weighted by Gasteiger charge is 2.31. The van der Waals surface area contributed by atoms with Gasteiger partial charge < -0.3 is 5.32 Å². The van der Waals surface area contributed by atoms with Gasteiger partial charge in [-0.3, -0.25) is 9.69 Å². The molecule has 1 fully saturated rings. The lowest BCUT2D eigenvalue weighted by atomic mass is 9.95. The molecule has 138 valence electrons. The molecule has 1 saturated heterocycles. The average molecular weight is 362 g/mol. The fourth-order valence-electron chi connectivity index (χ4n) is 3.21. The number of carbonyl (C=O) groups is 1. The van der Waals surface area contributed by atoms with E-state index in [4.69, 9.17) is 0 Å². The van der Waals surface area contributed by atoms with E-state index in [9.17, 15) is 18.0 Å². The average Bonchev–Trinajstić information content (AvgIpc) is 2.63. The van der Waals surface area contributed by atoms with Gasteiger partial charge in [0.1, 0.15) is 0 Å². The van der Waals surface area contributed by atoms with Gasteiger partial charge in [-0.1, -0.05) is 36.4 Å². The standard InChI is InChI=1S/C20H21F3N2O/c21-20(22,23)17-7-4-8-18(13-17)24-19(26)16-9-11-25(12-10-16)14-15-5-2-1-3-6-15/h1-8,13,16H,9-12,14H2,(H,24,26). The topological polar surface area (TPSA) is 32.3 Å². The summed E-state index contributed by atoms with van der Waals surface area (Å²) in [5, 5.41) is 2.63. The molecule has 2 aromatic rings. The van der Waals surface area contributed by atoms with Crippen molar-refractivity contribution < 1.29 is 18.0 Å². The van der Waals surface area contributed by atoms with Crippen LogP contribution in [0.4, 0.5) is 18.9 Å². The normalized spacial score (nSPS) is 16.4. The van der Waals surface area contributed by atoms with Gasteiger partial charge in [0.2, 0.25) is 5.91 Å². The van der Waals surface area contributed by atoms with Crippen LogP contribution in [-0.4, -0.2) is 23.9 Å². The Labute approximate surface area is 150 Å². The zero-order valence-corrected chi connectivity index (χ0v) is 14.3. The SMILES string of the molecule is O=C(Nc1cccc(C(F)(F)F)c1)C1CCN(Cc2ccccc2)CC1. The molecule has 3 nitrogen and oxygen atoms in total. The molecule has 1 aliphatic heterocycles. The molecule has 0 bridgehead atoms. The first-order valence-corrected chi connectivity index (χ1v) is 8.66. The van der Waals surface area contributed by atoms with Gasteiger partial charge in [-0.05, 0) is 49.7 Å². The largest absolute Gasteiger partial charge is 0.416 e. The molecule has 0 spiro atoms. The number of piperidine rings is 1. The Morgan fingerprint density at radius 1 is 1.04 bits per heavy atom. The van der Waals surface area contributed by atoms with Gasteiger partial charge in [0.05, 0.1) is 5.56 Å². The number of halogens is 3. The van der Waals surface area contributed by atoms with E-state index in [0.717, 1.165) is 31.8 Å². The molecule has 3 rings (SSSR count). The predicted octanol–water partition coefficient (Wildman–Crippen LogP) is 4.56. The first-order chi connectivity index (χ1) is 12.4. The van der Waals surface area contributed by atoms with E-state index in [1.165, 1.54) is 17.7 Å². The van der Waals surface area contributed by atoms with Crippen molar-refractivity contribution in [2.75, 3.05) is 18.4 Å². The number of alkyl halides is 3. The van der Waals surface area contributed by atoms with Crippen LogP contribution in [0.5, 0.6) is 0 Å². The zero-order valence-electron chi connectivity index (χ0n) is 14.3. The number of nitrogens with one attached hydrogen (secondary N) is 1. The van der Waals surface area contributed by atoms with Crippen LogP contribution in [0.1, 0.15) is 24.0 Å². The molecule has 1 amide bonds. The minimum atomic E-state index is -4.41. The summed E-state index contributed by atoms with van der Waals surface area (Å²) in [4.78, 5) is 14.7. The van der Waals surface area contributed by atoms with Gasteiger partial charge in [-0.2, -0.15) is 13.2 Å². The number of nitrogens with zero attached hydrogens (tertiary/aromatic N) is 1. The second kappa shape index (κ2) is 7.91. The van der Waals surface area contributed by atoms with Crippen molar-refractivity contribution in [3.63, 3.8) is 0 Å². The number of anilines is 1. The second-order valence-electron chi connectivity index (χ2n) is 6.60. The summed E-state index contributed by atoms with van der Waals surface area (Å²) in [5.74, 6) is -0.375. The molecule has 6 heteroatoms. The lowest BCUT2D eigenvalue weighted by Crippen LogP contribution is -2.37. The Morgan fingerprint density at radius 3 is 2.38 bits per heavy atom. The summed E-state index contributed by atoms with van der Waals surface area (Å²) in [7, 11) is 0. The van der Waals surface area contributed by atoms with Gasteiger partial charge in [0.25, 0.3) is 0 Å². The van der Waals surface area contributed by atoms with Crippen LogP contribution in [0, 0.1) is 5.92 Å². The number of likely N-dealkylation sites (tertiary alicyclic amines) is 1. The van der Waals surface area contributed by atoms with E-state index in [1.54, 1.807) is 0 Å². The second-order valence-corrected chi connectivity index (χ2v) is 6.60. The Bertz CT molecular complexity index is 738. The third kappa shape index (κ3) is 4.85. The summed E-state index contributed by atoms with van der Waals surface area (Å²) in [6.07, 6.45) is -3.00. The smallest absolute Gasteiger partial charge is 0.326 e. The lowest BCUT2D eigenvalue weighted by molar-refractivity contribution is -0.137. The number of rotatable bonds is 4. The maximum Gasteiger partial charge on any atom is 0.416 e. The van der Waals surface area contributed by atoms with Crippen LogP contribution >= 0.6 is 0 Å². The molecule has 0 saturated carbocycles. The quantitative estimate of drug-likeness (QED) is 0.865. The molecule has 26 heavy (non-hydrogen) atoms. The van der Waals surface area contributed by atoms with E-state index in [0.29, 0.717) is 12.8 Å². The van der Waals surface area contributed by atoms with Gasteiger partial charge in [-0.15, -0.1) is 0 Å². The third-order valence-corrected chi connectivity index (χ3v) is 4.66. The van der Waals surface area contributed by atoms with Crippen molar-refractivity contribution in [1.29, 1.82) is 0 Å². The Balaban J connectivity index is 1.52. The zero-order chi connectivity index (χ0) is 18.6. The van der Waals surface area contributed by atoms with Crippen LogP contribution in [0.15, 0.2) is 54.6 Å². The van der Waals surface area contributed by atoms with Crippen LogP contribution < -0.4 is 5.32 Å². The number of carbonyl (C=O) groups excluding carboxylic acids is 1. The summed E-state index contributed by atoms with van der Waals surface area (Å²) < 4.78 is 38.3. The van der Waals surface area contributed by atoms with Crippen molar-refractivity contribution >= 4 is 11.6 Å². The van der Waals surface area contributed by atoms with Gasteiger partial charge in [-0.25, -0.2) is 0 Å². The molecule has 0 aromatic heterocycles. The first kappa shape index (κ1) is 18.5. The maximum atomic E-state index is 12.8. The molecular formula is C20H21F3N2O. The van der Waals surface area contributed by atoms with E-state index in [1.807, 2.05) is 18.2 Å². The Morgan fingerprint density at radius 2 is 1.73 bits per heavy atom. The molecule has 2 aromatic carbocycles. The minimum absolute atomic E-state index is 0.170. The summed E-state index contributed by atoms with van der Waals surface area (Å²) in [6.45, 7) is 2.45. The molecule has 1 aliphatic rings. The Hall–Kier alpha value is -2.34. The van der Waals surface area contributed by atoms with Crippen molar-refractivity contribution in [1.82, 2.24) is 4.90 Å². The van der Waals surface area contributed by atoms with Crippen LogP contribution in [0.25, 0.3) is 0 Å². The highest BCUT2D eigenvalue weighted by atomic mass is 19.4. The van der Waals surface area contributed by atoms with Crippen molar-refractivity contribution in [2.45, 2.75) is 25.6 Å². The molecule has 0 atom stereocenters. The van der Waals surface area contributed by atoms with Crippen LogP contribution in [0.3, 0.4) is 0 Å². The number of benzene rings is 2. The first-order valence-electron chi connectivity index (χ1n) is 8.66. The number of amides is 1. The molecule has 0 aliphatic carbocycles. The van der Waals surface area contributed by atoms with E-state index >= 15 is 0 Å². The Kier molecular flexibility index (Phi) is 5.61.